The van der Waals surface area contributed by atoms with E-state index in [4.69, 9.17) is 0 Å². The van der Waals surface area contributed by atoms with E-state index >= 15 is 0 Å². The molecule has 0 aliphatic carbocycles. The Hall–Kier alpha value is -3.67. The number of hydrogen-bond donors (Lipinski definition) is 4. The van der Waals surface area contributed by atoms with Crippen LogP contribution in [0.1, 0.15) is 50.7 Å². The maximum atomic E-state index is 13.0. The Balaban J connectivity index is 1.66. The molecule has 3 aromatic rings. The van der Waals surface area contributed by atoms with Crippen molar-refractivity contribution in [2.24, 2.45) is 0 Å². The number of rotatable bonds is 16. The lowest BCUT2D eigenvalue weighted by atomic mass is 10.0. The molecule has 3 rings (SSSR count). The highest BCUT2D eigenvalue weighted by Gasteiger charge is 2.24. The molecule has 0 saturated heterocycles. The second-order valence-corrected chi connectivity index (χ2v) is 13.0. The molecule has 11 heteroatoms. The van der Waals surface area contributed by atoms with E-state index in [0.717, 1.165) is 30.4 Å². The van der Waals surface area contributed by atoms with Crippen molar-refractivity contribution in [2.75, 3.05) is 13.1 Å². The van der Waals surface area contributed by atoms with Crippen LogP contribution in [0.25, 0.3) is 11.1 Å². The number of sulfonamides is 1. The molecule has 2 atom stereocenters. The lowest BCUT2D eigenvalue weighted by molar-refractivity contribution is -0.132. The largest absolute Gasteiger partial charge is 0.384 e. The van der Waals surface area contributed by atoms with Gasteiger partial charge in [-0.2, -0.15) is 12.6 Å². The molecular weight excluding hydrogens is 599 g/mol. The summed E-state index contributed by atoms with van der Waals surface area (Å²) in [6.07, 6.45) is 1.41. The van der Waals surface area contributed by atoms with Gasteiger partial charge in [-0.15, -0.1) is 0 Å². The summed E-state index contributed by atoms with van der Waals surface area (Å²) in [5.74, 6) is -1.21. The van der Waals surface area contributed by atoms with Crippen molar-refractivity contribution in [3.63, 3.8) is 0 Å². The first kappa shape index (κ1) is 34.8. The van der Waals surface area contributed by atoms with Gasteiger partial charge >= 0.3 is 0 Å². The van der Waals surface area contributed by atoms with Gasteiger partial charge in [0, 0.05) is 43.3 Å². The third-order valence-corrected chi connectivity index (χ3v) is 8.75. The molecule has 0 aromatic heterocycles. The van der Waals surface area contributed by atoms with Gasteiger partial charge in [-0.3, -0.25) is 14.4 Å². The highest BCUT2D eigenvalue weighted by atomic mass is 32.2. The Morgan fingerprint density at radius 1 is 0.909 bits per heavy atom. The van der Waals surface area contributed by atoms with Gasteiger partial charge in [-0.25, -0.2) is 13.1 Å². The van der Waals surface area contributed by atoms with E-state index in [2.05, 4.69) is 17.9 Å². The van der Waals surface area contributed by atoms with Gasteiger partial charge in [-0.05, 0) is 42.5 Å². The quantitative estimate of drug-likeness (QED) is 0.175. The molecule has 44 heavy (non-hydrogen) atoms. The van der Waals surface area contributed by atoms with Crippen LogP contribution in [0.15, 0.2) is 83.8 Å². The zero-order valence-corrected chi connectivity index (χ0v) is 26.8. The van der Waals surface area contributed by atoms with Gasteiger partial charge in [0.1, 0.15) is 6.10 Å². The number of unbranched alkanes of at least 4 members (excludes halogenated alkanes) is 1. The van der Waals surface area contributed by atoms with Crippen LogP contribution in [0.4, 0.5) is 0 Å². The summed E-state index contributed by atoms with van der Waals surface area (Å²) >= 11 is 4.60. The van der Waals surface area contributed by atoms with Crippen LogP contribution in [0.2, 0.25) is 0 Å². The number of aliphatic hydroxyl groups excluding tert-OH is 1. The number of nitrogens with zero attached hydrogens (tertiary/aromatic N) is 1. The van der Waals surface area contributed by atoms with Crippen molar-refractivity contribution >= 4 is 40.4 Å². The van der Waals surface area contributed by atoms with E-state index in [0.29, 0.717) is 30.6 Å². The molecule has 3 amide bonds. The lowest BCUT2D eigenvalue weighted by Gasteiger charge is -2.23. The van der Waals surface area contributed by atoms with Crippen LogP contribution >= 0.6 is 12.6 Å². The van der Waals surface area contributed by atoms with E-state index in [-0.39, 0.29) is 34.9 Å². The molecule has 0 unspecified atom stereocenters. The molecule has 9 nitrogen and oxygen atoms in total. The number of carbonyl (C=O) groups excluding carboxylic acids is 3. The number of aliphatic hydroxyl groups is 1. The molecule has 0 radical (unpaired) electrons. The maximum absolute atomic E-state index is 13.0. The summed E-state index contributed by atoms with van der Waals surface area (Å²) < 4.78 is 27.7. The zero-order chi connectivity index (χ0) is 32.1. The first-order chi connectivity index (χ1) is 21.0. The number of amides is 3. The molecular formula is C33H41N3O6S2. The van der Waals surface area contributed by atoms with Crippen molar-refractivity contribution < 1.29 is 27.9 Å². The molecule has 0 spiro atoms. The highest BCUT2D eigenvalue weighted by Crippen LogP contribution is 2.28. The minimum absolute atomic E-state index is 0.0308. The van der Waals surface area contributed by atoms with Crippen molar-refractivity contribution in [3.8, 4) is 11.1 Å². The monoisotopic (exact) mass is 639 g/mol. The van der Waals surface area contributed by atoms with Gasteiger partial charge in [0.2, 0.25) is 11.8 Å². The first-order valence-electron chi connectivity index (χ1n) is 14.7. The van der Waals surface area contributed by atoms with E-state index in [1.807, 2.05) is 54.1 Å². The normalized spacial score (nSPS) is 12.6. The smallest absolute Gasteiger partial charge is 0.264 e. The Bertz CT molecular complexity index is 1500. The van der Waals surface area contributed by atoms with E-state index in [1.54, 1.807) is 35.2 Å². The third-order valence-electron chi connectivity index (χ3n) is 6.98. The molecule has 0 heterocycles. The number of nitrogens with one attached hydrogen (secondary N) is 2. The fourth-order valence-corrected chi connectivity index (χ4v) is 6.10. The molecule has 0 bridgehead atoms. The minimum Gasteiger partial charge on any atom is -0.384 e. The molecule has 236 valence electrons. The predicted octanol–water partition coefficient (Wildman–Crippen LogP) is 4.11. The summed E-state index contributed by atoms with van der Waals surface area (Å²) in [6, 6.07) is 23.3. The molecule has 0 fully saturated rings. The number of benzene rings is 3. The molecule has 0 saturated carbocycles. The van der Waals surface area contributed by atoms with E-state index < -0.39 is 22.0 Å². The summed E-state index contributed by atoms with van der Waals surface area (Å²) in [5.41, 5.74) is 2.94. The Morgan fingerprint density at radius 3 is 2.23 bits per heavy atom. The molecule has 3 aromatic carbocycles. The van der Waals surface area contributed by atoms with Gasteiger partial charge in [0.05, 0.1) is 4.90 Å². The van der Waals surface area contributed by atoms with Crippen LogP contribution in [-0.2, 0) is 37.4 Å². The van der Waals surface area contributed by atoms with Gasteiger partial charge in [0.15, 0.2) is 0 Å². The second kappa shape index (κ2) is 17.0. The topological polar surface area (TPSA) is 133 Å². The van der Waals surface area contributed by atoms with Crippen LogP contribution in [0.3, 0.4) is 0 Å². The van der Waals surface area contributed by atoms with Gasteiger partial charge in [-0.1, -0.05) is 86.1 Å². The van der Waals surface area contributed by atoms with Gasteiger partial charge < -0.3 is 15.3 Å². The summed E-state index contributed by atoms with van der Waals surface area (Å²) in [5, 5.41) is 12.3. The van der Waals surface area contributed by atoms with E-state index in [9.17, 15) is 27.9 Å². The zero-order valence-electron chi connectivity index (χ0n) is 25.1. The molecule has 0 aliphatic heterocycles. The Labute approximate surface area is 265 Å². The SMILES string of the molecule is CCCCC(=O)N(CCC(=O)NC[C@H](S)Cc1ccccc1)Cc1ccc(-c2ccccc2S(=O)(=O)NC(=O)[C@H](C)O)cc1. The average molecular weight is 640 g/mol. The number of carbonyl (C=O) groups is 3. The first-order valence-corrected chi connectivity index (χ1v) is 16.7. The number of thiol groups is 1. The maximum Gasteiger partial charge on any atom is 0.264 e. The summed E-state index contributed by atoms with van der Waals surface area (Å²) in [7, 11) is -4.23. The molecule has 3 N–H and O–H groups in total. The third kappa shape index (κ3) is 10.8. The van der Waals surface area contributed by atoms with Crippen LogP contribution in [-0.4, -0.2) is 60.6 Å². The fraction of sp³-hybridized carbons (Fsp3) is 0.364. The fourth-order valence-electron chi connectivity index (χ4n) is 4.52. The second-order valence-electron chi connectivity index (χ2n) is 10.7. The van der Waals surface area contributed by atoms with Gasteiger partial charge in [0.25, 0.3) is 15.9 Å². The van der Waals surface area contributed by atoms with Crippen molar-refractivity contribution in [3.05, 3.63) is 90.0 Å². The summed E-state index contributed by atoms with van der Waals surface area (Å²) in [4.78, 5) is 39.1. The predicted molar refractivity (Wildman–Crippen MR) is 174 cm³/mol. The highest BCUT2D eigenvalue weighted by molar-refractivity contribution is 7.90. The Morgan fingerprint density at radius 2 is 1.57 bits per heavy atom. The van der Waals surface area contributed by atoms with Crippen molar-refractivity contribution in [1.29, 1.82) is 0 Å². The average Bonchev–Trinajstić information content (AvgIpc) is 3.01. The van der Waals surface area contributed by atoms with Crippen LogP contribution in [0.5, 0.6) is 0 Å². The minimum atomic E-state index is -4.23. The molecule has 0 aliphatic rings. The van der Waals surface area contributed by atoms with Crippen molar-refractivity contribution in [1.82, 2.24) is 14.9 Å². The van der Waals surface area contributed by atoms with Crippen LogP contribution in [0, 0.1) is 0 Å². The summed E-state index contributed by atoms with van der Waals surface area (Å²) in [6.45, 7) is 4.17. The van der Waals surface area contributed by atoms with E-state index in [1.165, 1.54) is 13.0 Å². The number of hydrogen-bond acceptors (Lipinski definition) is 7. The lowest BCUT2D eigenvalue weighted by Crippen LogP contribution is -2.37. The van der Waals surface area contributed by atoms with Crippen LogP contribution < -0.4 is 10.0 Å². The van der Waals surface area contributed by atoms with Crippen molar-refractivity contribution in [2.45, 2.75) is 68.7 Å². The standard InChI is InChI=1S/C33H41N3O6S2/c1-3-4-14-32(39)36(20-19-31(38)34-22-28(43)21-25-10-6-5-7-11-25)23-26-15-17-27(18-16-26)29-12-8-9-13-30(29)44(41,42)35-33(40)24(2)37/h5-13,15-18,24,28,37,43H,3-4,14,19-23H2,1-2H3,(H,34,38)(H,35,40)/t24-,28+/m0/s1. The Kier molecular flexibility index (Phi) is 13.4.